The largest absolute Gasteiger partial charge is 0.387 e. The molecule has 6 heteroatoms. The lowest BCUT2D eigenvalue weighted by atomic mass is 10.2. The van der Waals surface area contributed by atoms with Crippen molar-refractivity contribution in [1.82, 2.24) is 19.9 Å². The summed E-state index contributed by atoms with van der Waals surface area (Å²) in [6, 6.07) is 1.86. The number of nitrogens with zero attached hydrogens (tertiary/aromatic N) is 3. The van der Waals surface area contributed by atoms with Gasteiger partial charge in [-0.05, 0) is 19.4 Å². The first-order valence-electron chi connectivity index (χ1n) is 6.59. The van der Waals surface area contributed by atoms with E-state index in [1.807, 2.05) is 23.8 Å². The van der Waals surface area contributed by atoms with Crippen molar-refractivity contribution in [3.63, 3.8) is 0 Å². The molecule has 106 valence electrons. The molecule has 0 bridgehead atoms. The topological polar surface area (TPSA) is 71.8 Å². The van der Waals surface area contributed by atoms with Gasteiger partial charge >= 0.3 is 0 Å². The number of nitrogens with one attached hydrogen (secondary N) is 2. The van der Waals surface area contributed by atoms with Crippen LogP contribution < -0.4 is 10.6 Å². The van der Waals surface area contributed by atoms with E-state index in [1.54, 1.807) is 25.8 Å². The highest BCUT2D eigenvalue weighted by molar-refractivity contribution is 5.99. The molecule has 20 heavy (non-hydrogen) atoms. The number of rotatable bonds is 6. The van der Waals surface area contributed by atoms with Crippen molar-refractivity contribution in [2.45, 2.75) is 19.9 Å². The van der Waals surface area contributed by atoms with E-state index in [0.29, 0.717) is 12.1 Å². The Morgan fingerprint density at radius 3 is 3.00 bits per heavy atom. The summed E-state index contributed by atoms with van der Waals surface area (Å²) in [6.07, 6.45) is 7.88. The summed E-state index contributed by atoms with van der Waals surface area (Å²) >= 11 is 0. The van der Waals surface area contributed by atoms with Crippen molar-refractivity contribution in [3.05, 3.63) is 42.2 Å². The van der Waals surface area contributed by atoms with Gasteiger partial charge in [0.15, 0.2) is 0 Å². The fraction of sp³-hybridized carbons (Fsp3) is 0.357. The summed E-state index contributed by atoms with van der Waals surface area (Å²) in [4.78, 5) is 20.2. The summed E-state index contributed by atoms with van der Waals surface area (Å²) in [5.41, 5.74) is 2.25. The van der Waals surface area contributed by atoms with Crippen molar-refractivity contribution >= 4 is 11.6 Å². The van der Waals surface area contributed by atoms with Gasteiger partial charge in [-0.1, -0.05) is 0 Å². The fourth-order valence-corrected chi connectivity index (χ4v) is 1.93. The molecule has 2 aromatic heterocycles. The SMILES string of the molecule is CNc1cc(C)ncc1C(=O)NCCCn1ccnc1. The minimum absolute atomic E-state index is 0.104. The molecular formula is C14H19N5O. The standard InChI is InChI=1S/C14H19N5O/c1-11-8-13(15-2)12(9-18-11)14(20)17-4-3-6-19-7-5-16-10-19/h5,7-10H,3-4,6H2,1-2H3,(H,15,18)(H,17,20). The summed E-state index contributed by atoms with van der Waals surface area (Å²) in [5, 5.41) is 5.92. The van der Waals surface area contributed by atoms with Gasteiger partial charge in [-0.3, -0.25) is 9.78 Å². The molecule has 2 heterocycles. The average Bonchev–Trinajstić information content (AvgIpc) is 2.96. The Kier molecular flexibility index (Phi) is 4.70. The summed E-state index contributed by atoms with van der Waals surface area (Å²) in [7, 11) is 1.80. The van der Waals surface area contributed by atoms with Crippen molar-refractivity contribution < 1.29 is 4.79 Å². The van der Waals surface area contributed by atoms with Crippen molar-refractivity contribution in [2.24, 2.45) is 0 Å². The third kappa shape index (κ3) is 3.57. The van der Waals surface area contributed by atoms with E-state index in [1.165, 1.54) is 0 Å². The summed E-state index contributed by atoms with van der Waals surface area (Å²) in [6.45, 7) is 3.35. The molecule has 0 spiro atoms. The summed E-state index contributed by atoms with van der Waals surface area (Å²) < 4.78 is 1.98. The van der Waals surface area contributed by atoms with Crippen molar-refractivity contribution in [2.75, 3.05) is 18.9 Å². The Morgan fingerprint density at radius 1 is 1.45 bits per heavy atom. The molecule has 0 saturated carbocycles. The Hall–Kier alpha value is -2.37. The molecule has 0 unspecified atom stereocenters. The maximum absolute atomic E-state index is 12.1. The van der Waals surface area contributed by atoms with Gasteiger partial charge in [0.05, 0.1) is 17.6 Å². The van der Waals surface area contributed by atoms with E-state index in [0.717, 1.165) is 24.3 Å². The van der Waals surface area contributed by atoms with Crippen LogP contribution in [0.25, 0.3) is 0 Å². The number of imidazole rings is 1. The molecule has 2 N–H and O–H groups in total. The number of anilines is 1. The Balaban J connectivity index is 1.85. The maximum atomic E-state index is 12.1. The molecule has 0 fully saturated rings. The zero-order valence-electron chi connectivity index (χ0n) is 11.8. The molecule has 0 aliphatic carbocycles. The van der Waals surface area contributed by atoms with E-state index in [9.17, 15) is 4.79 Å². The van der Waals surface area contributed by atoms with Crippen LogP contribution >= 0.6 is 0 Å². The molecule has 2 aromatic rings. The normalized spacial score (nSPS) is 10.3. The number of aryl methyl sites for hydroxylation is 2. The molecule has 1 amide bonds. The van der Waals surface area contributed by atoms with Crippen molar-refractivity contribution in [3.8, 4) is 0 Å². The monoisotopic (exact) mass is 273 g/mol. The van der Waals surface area contributed by atoms with Gasteiger partial charge in [0, 0.05) is 44.4 Å². The highest BCUT2D eigenvalue weighted by atomic mass is 16.1. The molecule has 6 nitrogen and oxygen atoms in total. The predicted molar refractivity (Wildman–Crippen MR) is 77.7 cm³/mol. The highest BCUT2D eigenvalue weighted by Crippen LogP contribution is 2.14. The van der Waals surface area contributed by atoms with Gasteiger partial charge in [-0.2, -0.15) is 0 Å². The van der Waals surface area contributed by atoms with Crippen LogP contribution in [0, 0.1) is 6.92 Å². The maximum Gasteiger partial charge on any atom is 0.254 e. The smallest absolute Gasteiger partial charge is 0.254 e. The average molecular weight is 273 g/mol. The van der Waals surface area contributed by atoms with Crippen molar-refractivity contribution in [1.29, 1.82) is 0 Å². The molecule has 0 aliphatic heterocycles. The van der Waals surface area contributed by atoms with E-state index in [2.05, 4.69) is 20.6 Å². The van der Waals surface area contributed by atoms with Gasteiger partial charge in [0.2, 0.25) is 0 Å². The quantitative estimate of drug-likeness (QED) is 0.781. The Labute approximate surface area is 118 Å². The second-order valence-corrected chi connectivity index (χ2v) is 4.53. The fourth-order valence-electron chi connectivity index (χ4n) is 1.93. The van der Waals surface area contributed by atoms with Crippen LogP contribution in [0.1, 0.15) is 22.5 Å². The first-order chi connectivity index (χ1) is 9.70. The number of carbonyl (C=O) groups excluding carboxylic acids is 1. The Bertz CT molecular complexity index is 565. The number of amides is 1. The van der Waals surface area contributed by atoms with Crippen LogP contribution in [-0.2, 0) is 6.54 Å². The molecule has 0 saturated heterocycles. The molecule has 0 aliphatic rings. The zero-order chi connectivity index (χ0) is 14.4. The van der Waals surface area contributed by atoms with Gasteiger partial charge in [0.1, 0.15) is 0 Å². The van der Waals surface area contributed by atoms with E-state index < -0.39 is 0 Å². The van der Waals surface area contributed by atoms with E-state index >= 15 is 0 Å². The third-order valence-corrected chi connectivity index (χ3v) is 2.99. The van der Waals surface area contributed by atoms with E-state index in [-0.39, 0.29) is 5.91 Å². The third-order valence-electron chi connectivity index (χ3n) is 2.99. The van der Waals surface area contributed by atoms with Gasteiger partial charge in [-0.25, -0.2) is 4.98 Å². The molecule has 0 atom stereocenters. The van der Waals surface area contributed by atoms with E-state index in [4.69, 9.17) is 0 Å². The first-order valence-corrected chi connectivity index (χ1v) is 6.59. The van der Waals surface area contributed by atoms with Crippen LogP contribution in [0.3, 0.4) is 0 Å². The minimum Gasteiger partial charge on any atom is -0.387 e. The highest BCUT2D eigenvalue weighted by Gasteiger charge is 2.10. The lowest BCUT2D eigenvalue weighted by Crippen LogP contribution is -2.26. The number of hydrogen-bond donors (Lipinski definition) is 2. The number of hydrogen-bond acceptors (Lipinski definition) is 4. The van der Waals surface area contributed by atoms with Crippen LogP contribution in [0.4, 0.5) is 5.69 Å². The van der Waals surface area contributed by atoms with Crippen LogP contribution in [-0.4, -0.2) is 34.0 Å². The van der Waals surface area contributed by atoms with Crippen LogP contribution in [0.2, 0.25) is 0 Å². The lowest BCUT2D eigenvalue weighted by molar-refractivity contribution is 0.0953. The van der Waals surface area contributed by atoms with Gasteiger partial charge in [-0.15, -0.1) is 0 Å². The number of aromatic nitrogens is 3. The minimum atomic E-state index is -0.104. The molecule has 0 aromatic carbocycles. The van der Waals surface area contributed by atoms with Gasteiger partial charge < -0.3 is 15.2 Å². The van der Waals surface area contributed by atoms with Crippen LogP contribution in [0.15, 0.2) is 31.0 Å². The summed E-state index contributed by atoms with van der Waals surface area (Å²) in [5.74, 6) is -0.104. The second-order valence-electron chi connectivity index (χ2n) is 4.53. The second kappa shape index (κ2) is 6.70. The number of carbonyl (C=O) groups is 1. The lowest BCUT2D eigenvalue weighted by Gasteiger charge is -2.10. The molecule has 2 rings (SSSR count). The predicted octanol–water partition coefficient (Wildman–Crippen LogP) is 1.45. The van der Waals surface area contributed by atoms with Gasteiger partial charge in [0.25, 0.3) is 5.91 Å². The molecular weight excluding hydrogens is 254 g/mol. The number of pyridine rings is 1. The zero-order valence-corrected chi connectivity index (χ0v) is 11.8. The molecule has 0 radical (unpaired) electrons. The Morgan fingerprint density at radius 2 is 2.30 bits per heavy atom. The van der Waals surface area contributed by atoms with Crippen LogP contribution in [0.5, 0.6) is 0 Å². The first kappa shape index (κ1) is 14.0.